The van der Waals surface area contributed by atoms with Gasteiger partial charge in [0.2, 0.25) is 0 Å². The number of carbonyl (C=O) groups is 1. The molecule has 0 saturated heterocycles. The highest BCUT2D eigenvalue weighted by molar-refractivity contribution is 5.74. The van der Waals surface area contributed by atoms with Gasteiger partial charge in [-0.05, 0) is 29.5 Å². The van der Waals surface area contributed by atoms with Crippen molar-refractivity contribution in [2.45, 2.75) is 40.3 Å². The summed E-state index contributed by atoms with van der Waals surface area (Å²) in [6.45, 7) is 8.97. The van der Waals surface area contributed by atoms with Crippen molar-refractivity contribution < 1.29 is 4.79 Å². The molecule has 0 aliphatic carbocycles. The van der Waals surface area contributed by atoms with Crippen molar-refractivity contribution in [2.75, 3.05) is 0 Å². The Morgan fingerprint density at radius 3 is 2.30 bits per heavy atom. The van der Waals surface area contributed by atoms with E-state index in [0.29, 0.717) is 18.4 Å². The summed E-state index contributed by atoms with van der Waals surface area (Å²) >= 11 is 0. The molecular formula is C17H25N5O. The number of benzene rings is 1. The summed E-state index contributed by atoms with van der Waals surface area (Å²) < 4.78 is 1.69. The monoisotopic (exact) mass is 315 g/mol. The van der Waals surface area contributed by atoms with Crippen molar-refractivity contribution in [3.05, 3.63) is 42.5 Å². The Kier molecular flexibility index (Phi) is 5.73. The summed E-state index contributed by atoms with van der Waals surface area (Å²) in [7, 11) is 0. The van der Waals surface area contributed by atoms with Crippen LogP contribution in [0.2, 0.25) is 0 Å². The van der Waals surface area contributed by atoms with Crippen molar-refractivity contribution in [1.82, 2.24) is 25.4 Å². The molecule has 2 amide bonds. The number of urea groups is 1. The zero-order valence-corrected chi connectivity index (χ0v) is 14.2. The van der Waals surface area contributed by atoms with Gasteiger partial charge in [0.1, 0.15) is 12.7 Å². The van der Waals surface area contributed by atoms with Gasteiger partial charge in [-0.15, -0.1) is 0 Å². The van der Waals surface area contributed by atoms with Crippen molar-refractivity contribution in [2.24, 2.45) is 11.8 Å². The third-order valence-corrected chi connectivity index (χ3v) is 3.81. The molecule has 1 aromatic carbocycles. The number of rotatable bonds is 6. The fourth-order valence-corrected chi connectivity index (χ4v) is 2.60. The summed E-state index contributed by atoms with van der Waals surface area (Å²) in [6.07, 6.45) is 3.15. The van der Waals surface area contributed by atoms with E-state index in [1.54, 1.807) is 11.0 Å². The largest absolute Gasteiger partial charge is 0.335 e. The first-order chi connectivity index (χ1) is 11.0. The van der Waals surface area contributed by atoms with E-state index in [-0.39, 0.29) is 12.1 Å². The quantitative estimate of drug-likeness (QED) is 0.861. The molecule has 6 heteroatoms. The number of amides is 2. The zero-order chi connectivity index (χ0) is 16.8. The van der Waals surface area contributed by atoms with Gasteiger partial charge in [0, 0.05) is 12.6 Å². The molecule has 0 atom stereocenters. The minimum Gasteiger partial charge on any atom is -0.335 e. The van der Waals surface area contributed by atoms with Gasteiger partial charge in [0.05, 0.1) is 5.69 Å². The van der Waals surface area contributed by atoms with Crippen LogP contribution in [0.25, 0.3) is 5.69 Å². The fraction of sp³-hybridized carbons (Fsp3) is 0.471. The van der Waals surface area contributed by atoms with Gasteiger partial charge in [-0.1, -0.05) is 39.8 Å². The maximum Gasteiger partial charge on any atom is 0.315 e. The van der Waals surface area contributed by atoms with Gasteiger partial charge < -0.3 is 10.6 Å². The third-order valence-electron chi connectivity index (χ3n) is 3.81. The average molecular weight is 315 g/mol. The number of nitrogens with one attached hydrogen (secondary N) is 2. The summed E-state index contributed by atoms with van der Waals surface area (Å²) in [5, 5.41) is 10.0. The lowest BCUT2D eigenvalue weighted by molar-refractivity contribution is 0.225. The van der Waals surface area contributed by atoms with Crippen molar-refractivity contribution >= 4 is 6.03 Å². The number of nitrogens with zero attached hydrogens (tertiary/aromatic N) is 3. The van der Waals surface area contributed by atoms with Gasteiger partial charge in [-0.3, -0.25) is 0 Å². The van der Waals surface area contributed by atoms with Crippen LogP contribution in [0.15, 0.2) is 36.9 Å². The van der Waals surface area contributed by atoms with Crippen LogP contribution >= 0.6 is 0 Å². The first-order valence-electron chi connectivity index (χ1n) is 7.95. The second-order valence-corrected chi connectivity index (χ2v) is 6.35. The Morgan fingerprint density at radius 1 is 1.13 bits per heavy atom. The van der Waals surface area contributed by atoms with Crippen LogP contribution in [0.1, 0.15) is 33.3 Å². The molecular weight excluding hydrogens is 290 g/mol. The highest BCUT2D eigenvalue weighted by Gasteiger charge is 2.19. The van der Waals surface area contributed by atoms with E-state index in [2.05, 4.69) is 48.4 Å². The standard InChI is InChI=1S/C17H25N5O/c1-12(2)16(13(3)4)21-17(23)19-9-14-5-7-15(8-6-14)22-11-18-10-20-22/h5-8,10-13,16H,9H2,1-4H3,(H2,19,21,23). The minimum atomic E-state index is -0.127. The molecule has 23 heavy (non-hydrogen) atoms. The second kappa shape index (κ2) is 7.76. The molecule has 0 unspecified atom stereocenters. The SMILES string of the molecule is CC(C)C(NC(=O)NCc1ccc(-n2cncn2)cc1)C(C)C. The molecule has 6 nitrogen and oxygen atoms in total. The van der Waals surface area contributed by atoms with E-state index in [1.807, 2.05) is 24.3 Å². The molecule has 0 aliphatic rings. The number of hydrogen-bond donors (Lipinski definition) is 2. The van der Waals surface area contributed by atoms with Crippen LogP contribution < -0.4 is 10.6 Å². The topological polar surface area (TPSA) is 71.8 Å². The highest BCUT2D eigenvalue weighted by Crippen LogP contribution is 2.12. The lowest BCUT2D eigenvalue weighted by atomic mass is 9.93. The number of hydrogen-bond acceptors (Lipinski definition) is 3. The Hall–Kier alpha value is -2.37. The predicted molar refractivity (Wildman–Crippen MR) is 90.2 cm³/mol. The molecule has 2 aromatic rings. The Labute approximate surface area is 137 Å². The van der Waals surface area contributed by atoms with E-state index in [4.69, 9.17) is 0 Å². The first-order valence-corrected chi connectivity index (χ1v) is 7.95. The van der Waals surface area contributed by atoms with E-state index in [9.17, 15) is 4.79 Å². The average Bonchev–Trinajstić information content (AvgIpc) is 3.05. The van der Waals surface area contributed by atoms with Gasteiger partial charge >= 0.3 is 6.03 Å². The van der Waals surface area contributed by atoms with E-state index in [0.717, 1.165) is 11.3 Å². The molecule has 2 rings (SSSR count). The molecule has 1 aromatic heterocycles. The molecule has 0 radical (unpaired) electrons. The van der Waals surface area contributed by atoms with Crippen LogP contribution in [0.4, 0.5) is 4.79 Å². The lowest BCUT2D eigenvalue weighted by Gasteiger charge is -2.26. The van der Waals surface area contributed by atoms with Crippen LogP contribution in [0.3, 0.4) is 0 Å². The van der Waals surface area contributed by atoms with Crippen LogP contribution in [-0.4, -0.2) is 26.8 Å². The maximum atomic E-state index is 12.0. The third kappa shape index (κ3) is 4.81. The van der Waals surface area contributed by atoms with Crippen molar-refractivity contribution in [1.29, 1.82) is 0 Å². The van der Waals surface area contributed by atoms with Gasteiger partial charge in [0.25, 0.3) is 0 Å². The molecule has 124 valence electrons. The van der Waals surface area contributed by atoms with Crippen molar-refractivity contribution in [3.8, 4) is 5.69 Å². The smallest absolute Gasteiger partial charge is 0.315 e. The van der Waals surface area contributed by atoms with Crippen molar-refractivity contribution in [3.63, 3.8) is 0 Å². The summed E-state index contributed by atoms with van der Waals surface area (Å²) in [4.78, 5) is 16.0. The van der Waals surface area contributed by atoms with Crippen LogP contribution in [-0.2, 0) is 6.54 Å². The summed E-state index contributed by atoms with van der Waals surface area (Å²) in [5.74, 6) is 0.811. The normalized spacial score (nSPS) is 11.3. The molecule has 0 fully saturated rings. The Morgan fingerprint density at radius 2 is 1.78 bits per heavy atom. The predicted octanol–water partition coefficient (Wildman–Crippen LogP) is 2.75. The van der Waals surface area contributed by atoms with E-state index < -0.39 is 0 Å². The van der Waals surface area contributed by atoms with E-state index >= 15 is 0 Å². The van der Waals surface area contributed by atoms with Crippen LogP contribution in [0.5, 0.6) is 0 Å². The van der Waals surface area contributed by atoms with Gasteiger partial charge in [-0.2, -0.15) is 5.10 Å². The maximum absolute atomic E-state index is 12.0. The summed E-state index contributed by atoms with van der Waals surface area (Å²) in [6, 6.07) is 7.89. The van der Waals surface area contributed by atoms with Crippen LogP contribution in [0, 0.1) is 11.8 Å². The zero-order valence-electron chi connectivity index (χ0n) is 14.2. The molecule has 0 bridgehead atoms. The molecule has 1 heterocycles. The number of aromatic nitrogens is 3. The van der Waals surface area contributed by atoms with E-state index in [1.165, 1.54) is 6.33 Å². The second-order valence-electron chi connectivity index (χ2n) is 6.35. The first kappa shape index (κ1) is 17.0. The van der Waals surface area contributed by atoms with Gasteiger partial charge in [-0.25, -0.2) is 14.5 Å². The molecule has 2 N–H and O–H groups in total. The number of carbonyl (C=O) groups excluding carboxylic acids is 1. The fourth-order valence-electron chi connectivity index (χ4n) is 2.60. The molecule has 0 saturated carbocycles. The minimum absolute atomic E-state index is 0.127. The van der Waals surface area contributed by atoms with Gasteiger partial charge in [0.15, 0.2) is 0 Å². The molecule has 0 spiro atoms. The lowest BCUT2D eigenvalue weighted by Crippen LogP contribution is -2.46. The highest BCUT2D eigenvalue weighted by atomic mass is 16.2. The molecule has 0 aliphatic heterocycles. The summed E-state index contributed by atoms with van der Waals surface area (Å²) in [5.41, 5.74) is 1.98. The Balaban J connectivity index is 1.87. The Bertz CT molecular complexity index is 596.